The van der Waals surface area contributed by atoms with Crippen molar-refractivity contribution in [3.8, 4) is 0 Å². The first-order valence-corrected chi connectivity index (χ1v) is 6.53. The van der Waals surface area contributed by atoms with Crippen molar-refractivity contribution in [1.29, 1.82) is 0 Å². The Morgan fingerprint density at radius 1 is 1.20 bits per heavy atom. The van der Waals surface area contributed by atoms with E-state index in [9.17, 15) is 0 Å². The van der Waals surface area contributed by atoms with Crippen LogP contribution in [0.5, 0.6) is 0 Å². The highest BCUT2D eigenvalue weighted by molar-refractivity contribution is 4.80. The van der Waals surface area contributed by atoms with Gasteiger partial charge in [-0.15, -0.1) is 0 Å². The molecule has 90 valence electrons. The molecule has 1 fully saturated rings. The van der Waals surface area contributed by atoms with Crippen LogP contribution >= 0.6 is 0 Å². The third kappa shape index (κ3) is 7.80. The first-order chi connectivity index (χ1) is 7.18. The van der Waals surface area contributed by atoms with Crippen molar-refractivity contribution in [2.75, 3.05) is 13.2 Å². The molecule has 1 aliphatic rings. The summed E-state index contributed by atoms with van der Waals surface area (Å²) in [5.41, 5.74) is 0. The standard InChI is InChI=1S/C13H27NO/c1-11(2)5-4-10-15-12(3)8-9-14-13-6-7-13/h11-14H,4-10H2,1-3H3. The minimum Gasteiger partial charge on any atom is -0.378 e. The number of hydrogen-bond donors (Lipinski definition) is 1. The van der Waals surface area contributed by atoms with Crippen LogP contribution in [-0.4, -0.2) is 25.3 Å². The molecule has 1 atom stereocenters. The maximum absolute atomic E-state index is 5.75. The van der Waals surface area contributed by atoms with Crippen LogP contribution in [0.3, 0.4) is 0 Å². The Balaban J connectivity index is 1.81. The fourth-order valence-electron chi connectivity index (χ4n) is 1.64. The van der Waals surface area contributed by atoms with Gasteiger partial charge in [-0.2, -0.15) is 0 Å². The van der Waals surface area contributed by atoms with Gasteiger partial charge < -0.3 is 10.1 Å². The number of ether oxygens (including phenoxy) is 1. The normalized spacial score (nSPS) is 18.4. The molecular formula is C13H27NO. The third-order valence-electron chi connectivity index (χ3n) is 2.89. The second-order valence-electron chi connectivity index (χ2n) is 5.23. The van der Waals surface area contributed by atoms with Crippen molar-refractivity contribution in [1.82, 2.24) is 5.32 Å². The largest absolute Gasteiger partial charge is 0.378 e. The molecule has 1 saturated carbocycles. The Morgan fingerprint density at radius 3 is 2.53 bits per heavy atom. The molecule has 0 heterocycles. The zero-order valence-corrected chi connectivity index (χ0v) is 10.6. The van der Waals surface area contributed by atoms with Crippen molar-refractivity contribution in [3.63, 3.8) is 0 Å². The van der Waals surface area contributed by atoms with Gasteiger partial charge >= 0.3 is 0 Å². The van der Waals surface area contributed by atoms with Crippen molar-refractivity contribution in [3.05, 3.63) is 0 Å². The van der Waals surface area contributed by atoms with Gasteiger partial charge in [0.25, 0.3) is 0 Å². The molecule has 2 nitrogen and oxygen atoms in total. The van der Waals surface area contributed by atoms with E-state index in [0.29, 0.717) is 6.10 Å². The molecule has 1 N–H and O–H groups in total. The van der Waals surface area contributed by atoms with E-state index in [4.69, 9.17) is 4.74 Å². The fourth-order valence-corrected chi connectivity index (χ4v) is 1.64. The van der Waals surface area contributed by atoms with Crippen LogP contribution in [0.4, 0.5) is 0 Å². The lowest BCUT2D eigenvalue weighted by Gasteiger charge is -2.13. The highest BCUT2D eigenvalue weighted by atomic mass is 16.5. The van der Waals surface area contributed by atoms with E-state index in [-0.39, 0.29) is 0 Å². The summed E-state index contributed by atoms with van der Waals surface area (Å²) >= 11 is 0. The predicted octanol–water partition coefficient (Wildman–Crippen LogP) is 2.97. The molecule has 0 bridgehead atoms. The summed E-state index contributed by atoms with van der Waals surface area (Å²) in [5, 5.41) is 3.52. The topological polar surface area (TPSA) is 21.3 Å². The van der Waals surface area contributed by atoms with Gasteiger partial charge in [-0.3, -0.25) is 0 Å². The SMILES string of the molecule is CC(C)CCCOC(C)CCNC1CC1. The average Bonchev–Trinajstić information content (AvgIpc) is 2.96. The minimum atomic E-state index is 0.420. The van der Waals surface area contributed by atoms with Gasteiger partial charge in [-0.1, -0.05) is 13.8 Å². The van der Waals surface area contributed by atoms with Gasteiger partial charge in [0.05, 0.1) is 6.10 Å². The van der Waals surface area contributed by atoms with Crippen LogP contribution in [0.1, 0.15) is 52.9 Å². The Kier molecular flexibility index (Phi) is 6.26. The second-order valence-corrected chi connectivity index (χ2v) is 5.23. The molecule has 1 unspecified atom stereocenters. The predicted molar refractivity (Wildman–Crippen MR) is 65.1 cm³/mol. The van der Waals surface area contributed by atoms with Gasteiger partial charge in [0.1, 0.15) is 0 Å². The number of hydrogen-bond acceptors (Lipinski definition) is 2. The molecule has 0 amide bonds. The molecule has 0 aliphatic heterocycles. The summed E-state index contributed by atoms with van der Waals surface area (Å²) in [6, 6.07) is 0.832. The molecular weight excluding hydrogens is 186 g/mol. The van der Waals surface area contributed by atoms with E-state index in [1.807, 2.05) is 0 Å². The first-order valence-electron chi connectivity index (χ1n) is 6.53. The smallest absolute Gasteiger partial charge is 0.0559 e. The Bertz CT molecular complexity index is 155. The Labute approximate surface area is 94.8 Å². The van der Waals surface area contributed by atoms with Crippen LogP contribution in [0.2, 0.25) is 0 Å². The van der Waals surface area contributed by atoms with Gasteiger partial charge in [0.2, 0.25) is 0 Å². The van der Waals surface area contributed by atoms with Crippen molar-refractivity contribution >= 4 is 0 Å². The molecule has 0 aromatic carbocycles. The first kappa shape index (κ1) is 13.0. The molecule has 0 spiro atoms. The van der Waals surface area contributed by atoms with Crippen molar-refractivity contribution in [2.45, 2.75) is 65.0 Å². The van der Waals surface area contributed by atoms with E-state index in [1.165, 1.54) is 25.7 Å². The van der Waals surface area contributed by atoms with Crippen LogP contribution in [0, 0.1) is 5.92 Å². The van der Waals surface area contributed by atoms with Gasteiger partial charge in [-0.05, 0) is 51.5 Å². The van der Waals surface area contributed by atoms with Crippen molar-refractivity contribution in [2.24, 2.45) is 5.92 Å². The van der Waals surface area contributed by atoms with E-state index in [2.05, 4.69) is 26.1 Å². The average molecular weight is 213 g/mol. The lowest BCUT2D eigenvalue weighted by Crippen LogP contribution is -2.22. The van der Waals surface area contributed by atoms with Crippen molar-refractivity contribution < 1.29 is 4.74 Å². The number of nitrogens with one attached hydrogen (secondary N) is 1. The second kappa shape index (κ2) is 7.24. The molecule has 15 heavy (non-hydrogen) atoms. The van der Waals surface area contributed by atoms with E-state index >= 15 is 0 Å². The lowest BCUT2D eigenvalue weighted by molar-refractivity contribution is 0.0564. The summed E-state index contributed by atoms with van der Waals surface area (Å²) in [6.07, 6.45) is 6.82. The summed E-state index contributed by atoms with van der Waals surface area (Å²) in [4.78, 5) is 0. The highest BCUT2D eigenvalue weighted by Gasteiger charge is 2.19. The van der Waals surface area contributed by atoms with Gasteiger partial charge in [-0.25, -0.2) is 0 Å². The molecule has 1 rings (SSSR count). The van der Waals surface area contributed by atoms with E-state index in [0.717, 1.165) is 31.5 Å². The zero-order valence-electron chi connectivity index (χ0n) is 10.6. The molecule has 0 aromatic heterocycles. The maximum Gasteiger partial charge on any atom is 0.0559 e. The molecule has 0 saturated heterocycles. The summed E-state index contributed by atoms with van der Waals surface area (Å²) in [7, 11) is 0. The fraction of sp³-hybridized carbons (Fsp3) is 1.00. The molecule has 2 heteroatoms. The lowest BCUT2D eigenvalue weighted by atomic mass is 10.1. The quantitative estimate of drug-likeness (QED) is 0.595. The van der Waals surface area contributed by atoms with Gasteiger partial charge in [0, 0.05) is 12.6 Å². The summed E-state index contributed by atoms with van der Waals surface area (Å²) in [6.45, 7) is 8.77. The van der Waals surface area contributed by atoms with Gasteiger partial charge in [0.15, 0.2) is 0 Å². The molecule has 0 radical (unpaired) electrons. The maximum atomic E-state index is 5.75. The zero-order chi connectivity index (χ0) is 11.1. The minimum absolute atomic E-state index is 0.420. The number of rotatable bonds is 9. The Morgan fingerprint density at radius 2 is 1.93 bits per heavy atom. The highest BCUT2D eigenvalue weighted by Crippen LogP contribution is 2.18. The van der Waals surface area contributed by atoms with E-state index < -0.39 is 0 Å². The molecule has 0 aromatic rings. The van der Waals surface area contributed by atoms with Crippen LogP contribution < -0.4 is 5.32 Å². The van der Waals surface area contributed by atoms with E-state index in [1.54, 1.807) is 0 Å². The third-order valence-corrected chi connectivity index (χ3v) is 2.89. The van der Waals surface area contributed by atoms with Crippen LogP contribution in [0.15, 0.2) is 0 Å². The molecule has 1 aliphatic carbocycles. The summed E-state index contributed by atoms with van der Waals surface area (Å²) in [5.74, 6) is 0.806. The monoisotopic (exact) mass is 213 g/mol. The Hall–Kier alpha value is -0.0800. The van der Waals surface area contributed by atoms with Crippen LogP contribution in [0.25, 0.3) is 0 Å². The van der Waals surface area contributed by atoms with Crippen LogP contribution in [-0.2, 0) is 4.74 Å². The summed E-state index contributed by atoms with van der Waals surface area (Å²) < 4.78 is 5.75.